The van der Waals surface area contributed by atoms with E-state index < -0.39 is 23.8 Å². The zero-order valence-electron chi connectivity index (χ0n) is 13.2. The first kappa shape index (κ1) is 16.6. The molecule has 0 aliphatic carbocycles. The van der Waals surface area contributed by atoms with E-state index in [1.54, 1.807) is 6.92 Å². The van der Waals surface area contributed by atoms with Crippen molar-refractivity contribution in [2.45, 2.75) is 19.9 Å². The fraction of sp³-hybridized carbons (Fsp3) is 0.294. The van der Waals surface area contributed by atoms with Gasteiger partial charge in [-0.2, -0.15) is 0 Å². The molecule has 120 valence electrons. The van der Waals surface area contributed by atoms with E-state index in [4.69, 9.17) is 0 Å². The molecule has 1 saturated heterocycles. The minimum Gasteiger partial charge on any atom is -0.285 e. The highest BCUT2D eigenvalue weighted by molar-refractivity contribution is 6.27. The molecule has 6 nitrogen and oxygen atoms in total. The standard InChI is InChI=1S/C17H19N3O3/c1-4-10-20-16(22)14(15(21)19-17(20)23)12(3)18-11(2)13-8-6-5-7-9-13/h4-9,11,14H,1,10H2,2-3H3,(H,19,21,23)/t11-,14?/m0/s1. The first-order valence-corrected chi connectivity index (χ1v) is 7.32. The van der Waals surface area contributed by atoms with Gasteiger partial charge in [0.2, 0.25) is 11.8 Å². The zero-order valence-corrected chi connectivity index (χ0v) is 13.2. The maximum absolute atomic E-state index is 12.4. The average Bonchev–Trinajstić information content (AvgIpc) is 2.52. The Labute approximate surface area is 134 Å². The molecular formula is C17H19N3O3. The maximum atomic E-state index is 12.4. The fourth-order valence-electron chi connectivity index (χ4n) is 2.47. The number of nitrogens with one attached hydrogen (secondary N) is 1. The molecule has 1 aliphatic rings. The Bertz CT molecular complexity index is 667. The highest BCUT2D eigenvalue weighted by Gasteiger charge is 2.41. The third-order valence-electron chi connectivity index (χ3n) is 3.66. The third-order valence-corrected chi connectivity index (χ3v) is 3.66. The lowest BCUT2D eigenvalue weighted by molar-refractivity contribution is -0.139. The largest absolute Gasteiger partial charge is 0.331 e. The smallest absolute Gasteiger partial charge is 0.285 e. The van der Waals surface area contributed by atoms with Crippen LogP contribution in [0, 0.1) is 5.92 Å². The number of benzene rings is 1. The van der Waals surface area contributed by atoms with Crippen LogP contribution in [0.15, 0.2) is 48.0 Å². The summed E-state index contributed by atoms with van der Waals surface area (Å²) in [6.07, 6.45) is 1.43. The average molecular weight is 313 g/mol. The summed E-state index contributed by atoms with van der Waals surface area (Å²) in [4.78, 5) is 41.6. The minimum atomic E-state index is -1.08. The first-order chi connectivity index (χ1) is 11.0. The lowest BCUT2D eigenvalue weighted by atomic mass is 9.98. The molecule has 0 spiro atoms. The predicted octanol–water partition coefficient (Wildman–Crippen LogP) is 2.09. The summed E-state index contributed by atoms with van der Waals surface area (Å²) in [6.45, 7) is 7.08. The van der Waals surface area contributed by atoms with Crippen LogP contribution in [-0.2, 0) is 9.59 Å². The van der Waals surface area contributed by atoms with Gasteiger partial charge in [-0.1, -0.05) is 36.4 Å². The highest BCUT2D eigenvalue weighted by atomic mass is 16.2. The molecule has 1 unspecified atom stereocenters. The Morgan fingerprint density at radius 3 is 2.61 bits per heavy atom. The van der Waals surface area contributed by atoms with E-state index >= 15 is 0 Å². The van der Waals surface area contributed by atoms with Crippen molar-refractivity contribution in [2.24, 2.45) is 10.9 Å². The summed E-state index contributed by atoms with van der Waals surface area (Å²) < 4.78 is 0. The number of rotatable bonds is 5. The quantitative estimate of drug-likeness (QED) is 0.513. The van der Waals surface area contributed by atoms with Crippen LogP contribution < -0.4 is 5.32 Å². The topological polar surface area (TPSA) is 78.8 Å². The number of urea groups is 1. The molecule has 1 heterocycles. The molecule has 23 heavy (non-hydrogen) atoms. The van der Waals surface area contributed by atoms with Gasteiger partial charge in [0.05, 0.1) is 6.04 Å². The molecule has 2 rings (SSSR count). The van der Waals surface area contributed by atoms with Crippen molar-refractivity contribution < 1.29 is 14.4 Å². The normalized spacial score (nSPS) is 20.3. The molecule has 0 bridgehead atoms. The van der Waals surface area contributed by atoms with Crippen molar-refractivity contribution >= 4 is 23.6 Å². The molecule has 0 saturated carbocycles. The number of imide groups is 2. The Balaban J connectivity index is 2.25. The summed E-state index contributed by atoms with van der Waals surface area (Å²) in [5.74, 6) is -2.29. The van der Waals surface area contributed by atoms with Gasteiger partial charge in [-0.15, -0.1) is 6.58 Å². The van der Waals surface area contributed by atoms with E-state index in [9.17, 15) is 14.4 Å². The summed E-state index contributed by atoms with van der Waals surface area (Å²) in [5, 5.41) is 2.19. The summed E-state index contributed by atoms with van der Waals surface area (Å²) in [7, 11) is 0. The van der Waals surface area contributed by atoms with Crippen LogP contribution in [0.25, 0.3) is 0 Å². The zero-order chi connectivity index (χ0) is 17.0. The fourth-order valence-corrected chi connectivity index (χ4v) is 2.47. The van der Waals surface area contributed by atoms with Crippen LogP contribution in [-0.4, -0.2) is 35.0 Å². The van der Waals surface area contributed by atoms with Gasteiger partial charge in [-0.25, -0.2) is 4.79 Å². The molecule has 0 radical (unpaired) electrons. The second kappa shape index (κ2) is 7.00. The first-order valence-electron chi connectivity index (χ1n) is 7.32. The molecule has 1 aromatic carbocycles. The molecular weight excluding hydrogens is 294 g/mol. The van der Waals surface area contributed by atoms with E-state index in [1.165, 1.54) is 6.08 Å². The van der Waals surface area contributed by atoms with Crippen LogP contribution >= 0.6 is 0 Å². The van der Waals surface area contributed by atoms with E-state index in [1.807, 2.05) is 37.3 Å². The van der Waals surface area contributed by atoms with E-state index in [0.29, 0.717) is 5.71 Å². The number of nitrogens with zero attached hydrogens (tertiary/aromatic N) is 2. The van der Waals surface area contributed by atoms with E-state index in [2.05, 4.69) is 16.9 Å². The molecule has 1 aliphatic heterocycles. The van der Waals surface area contributed by atoms with Crippen molar-refractivity contribution in [3.8, 4) is 0 Å². The number of carbonyl (C=O) groups excluding carboxylic acids is 3. The Morgan fingerprint density at radius 1 is 1.35 bits per heavy atom. The summed E-state index contributed by atoms with van der Waals surface area (Å²) in [6, 6.07) is 8.65. The molecule has 4 amide bonds. The van der Waals surface area contributed by atoms with Gasteiger partial charge in [0, 0.05) is 12.3 Å². The Kier molecular flexibility index (Phi) is 5.05. The van der Waals surface area contributed by atoms with Gasteiger partial charge in [0.25, 0.3) is 0 Å². The Hall–Kier alpha value is -2.76. The number of carbonyl (C=O) groups is 3. The minimum absolute atomic E-state index is 0.0516. The van der Waals surface area contributed by atoms with Crippen molar-refractivity contribution in [3.63, 3.8) is 0 Å². The second-order valence-electron chi connectivity index (χ2n) is 5.32. The van der Waals surface area contributed by atoms with Crippen LogP contribution in [0.1, 0.15) is 25.5 Å². The number of aliphatic imine (C=N–C) groups is 1. The Morgan fingerprint density at radius 2 is 2.00 bits per heavy atom. The van der Waals surface area contributed by atoms with Gasteiger partial charge in [-0.05, 0) is 19.4 Å². The molecule has 6 heteroatoms. The number of barbiturate groups is 1. The van der Waals surface area contributed by atoms with Crippen LogP contribution in [0.4, 0.5) is 4.79 Å². The lowest BCUT2D eigenvalue weighted by Gasteiger charge is -2.29. The van der Waals surface area contributed by atoms with E-state index in [-0.39, 0.29) is 12.6 Å². The van der Waals surface area contributed by atoms with E-state index in [0.717, 1.165) is 10.5 Å². The molecule has 1 fully saturated rings. The van der Waals surface area contributed by atoms with Crippen LogP contribution in [0.5, 0.6) is 0 Å². The monoisotopic (exact) mass is 313 g/mol. The lowest BCUT2D eigenvalue weighted by Crippen LogP contribution is -2.59. The van der Waals surface area contributed by atoms with Gasteiger partial charge in [-0.3, -0.25) is 24.8 Å². The third kappa shape index (κ3) is 3.53. The number of hydrogen-bond acceptors (Lipinski definition) is 4. The predicted molar refractivity (Wildman–Crippen MR) is 86.9 cm³/mol. The molecule has 2 atom stereocenters. The molecule has 1 aromatic rings. The SMILES string of the molecule is C=CCN1C(=O)NC(=O)C(C(C)=N[C@@H](C)c2ccccc2)C1=O. The highest BCUT2D eigenvalue weighted by Crippen LogP contribution is 2.19. The van der Waals surface area contributed by atoms with Crippen molar-refractivity contribution in [3.05, 3.63) is 48.6 Å². The van der Waals surface area contributed by atoms with Crippen molar-refractivity contribution in [1.82, 2.24) is 10.2 Å². The molecule has 0 aromatic heterocycles. The van der Waals surface area contributed by atoms with Gasteiger partial charge >= 0.3 is 6.03 Å². The summed E-state index contributed by atoms with van der Waals surface area (Å²) >= 11 is 0. The van der Waals surface area contributed by atoms with Crippen LogP contribution in [0.3, 0.4) is 0 Å². The van der Waals surface area contributed by atoms with Gasteiger partial charge < -0.3 is 0 Å². The van der Waals surface area contributed by atoms with Crippen molar-refractivity contribution in [1.29, 1.82) is 0 Å². The number of hydrogen-bond donors (Lipinski definition) is 1. The summed E-state index contributed by atoms with van der Waals surface area (Å²) in [5.41, 5.74) is 1.36. The molecule has 1 N–H and O–H groups in total. The second-order valence-corrected chi connectivity index (χ2v) is 5.32. The van der Waals surface area contributed by atoms with Crippen molar-refractivity contribution in [2.75, 3.05) is 6.54 Å². The number of amides is 4. The maximum Gasteiger partial charge on any atom is 0.331 e. The van der Waals surface area contributed by atoms with Gasteiger partial charge in [0.15, 0.2) is 5.92 Å². The van der Waals surface area contributed by atoms with Crippen LogP contribution in [0.2, 0.25) is 0 Å². The van der Waals surface area contributed by atoms with Gasteiger partial charge in [0.1, 0.15) is 0 Å².